The molecule has 2 amide bonds. The van der Waals surface area contributed by atoms with Crippen LogP contribution in [0.15, 0.2) is 121 Å². The number of para-hydroxylation sites is 2. The van der Waals surface area contributed by atoms with Crippen LogP contribution >= 0.6 is 0 Å². The molecule has 0 saturated carbocycles. The lowest BCUT2D eigenvalue weighted by atomic mass is 10.0. The molecule has 6 rings (SSSR count). The van der Waals surface area contributed by atoms with Crippen molar-refractivity contribution >= 4 is 23.2 Å². The van der Waals surface area contributed by atoms with Gasteiger partial charge in [0.15, 0.2) is 0 Å². The fourth-order valence-electron chi connectivity index (χ4n) is 7.30. The van der Waals surface area contributed by atoms with Crippen molar-refractivity contribution in [2.24, 2.45) is 0 Å². The summed E-state index contributed by atoms with van der Waals surface area (Å²) in [5.74, 6) is 0.461. The molecule has 0 spiro atoms. The summed E-state index contributed by atoms with van der Waals surface area (Å²) < 4.78 is 0. The summed E-state index contributed by atoms with van der Waals surface area (Å²) in [6.07, 6.45) is 7.52. The normalized spacial score (nSPS) is 14.1. The molecule has 320 valence electrons. The van der Waals surface area contributed by atoms with E-state index >= 15 is 0 Å². The summed E-state index contributed by atoms with van der Waals surface area (Å²) in [4.78, 5) is 34.2. The van der Waals surface area contributed by atoms with Gasteiger partial charge in [-0.3, -0.25) is 9.59 Å². The van der Waals surface area contributed by atoms with Crippen molar-refractivity contribution < 1.29 is 9.59 Å². The van der Waals surface area contributed by atoms with Crippen molar-refractivity contribution in [1.82, 2.24) is 9.80 Å². The van der Waals surface area contributed by atoms with E-state index in [1.807, 2.05) is 115 Å². The summed E-state index contributed by atoms with van der Waals surface area (Å²) in [6.45, 7) is 26.4. The molecular weight excluding hydrogens is 713 g/mol. The highest BCUT2D eigenvalue weighted by Gasteiger charge is 2.29. The zero-order valence-electron chi connectivity index (χ0n) is 38.2. The van der Waals surface area contributed by atoms with Crippen molar-refractivity contribution in [1.29, 1.82) is 0 Å². The third-order valence-electron chi connectivity index (χ3n) is 10.2. The van der Waals surface area contributed by atoms with E-state index in [0.717, 1.165) is 89.2 Å². The first-order valence-electron chi connectivity index (χ1n) is 22.8. The van der Waals surface area contributed by atoms with Crippen LogP contribution < -0.4 is 9.80 Å². The van der Waals surface area contributed by atoms with Gasteiger partial charge >= 0.3 is 0 Å². The summed E-state index contributed by atoms with van der Waals surface area (Å²) >= 11 is 0. The number of carbonyl (C=O) groups is 2. The van der Waals surface area contributed by atoms with Crippen LogP contribution in [0, 0.1) is 0 Å². The number of hydrogen-bond acceptors (Lipinski definition) is 4. The molecule has 0 bridgehead atoms. The van der Waals surface area contributed by atoms with Gasteiger partial charge in [-0.25, -0.2) is 0 Å². The molecule has 2 aliphatic rings. The Kier molecular flexibility index (Phi) is 29.2. The van der Waals surface area contributed by atoms with Crippen LogP contribution in [0.2, 0.25) is 0 Å². The Morgan fingerprint density at radius 3 is 0.966 bits per heavy atom. The molecule has 6 nitrogen and oxygen atoms in total. The molecule has 0 atom stereocenters. The van der Waals surface area contributed by atoms with Crippen molar-refractivity contribution in [3.05, 3.63) is 132 Å². The Hall–Kier alpha value is -4.26. The van der Waals surface area contributed by atoms with Crippen LogP contribution in [0.25, 0.3) is 0 Å². The Morgan fingerprint density at radius 2 is 0.707 bits per heavy atom. The lowest BCUT2D eigenvalue weighted by Gasteiger charge is -2.38. The minimum absolute atomic E-state index is 0.230. The van der Waals surface area contributed by atoms with E-state index in [1.54, 1.807) is 0 Å². The van der Waals surface area contributed by atoms with E-state index in [2.05, 4.69) is 94.7 Å². The van der Waals surface area contributed by atoms with Gasteiger partial charge in [-0.2, -0.15) is 0 Å². The number of benzene rings is 4. The van der Waals surface area contributed by atoms with Gasteiger partial charge in [-0.1, -0.05) is 166 Å². The molecule has 4 aromatic carbocycles. The molecule has 2 aliphatic heterocycles. The molecule has 2 heterocycles. The SMILES string of the molecule is CC.CC.CC.CC.CCC(=O)N(c1ccccc1)C1CCN(CCc2ccccc2)CC1.CCC(=O)N(c1ccccc1)C1CCN(CCc2ccccc2)CC1. The lowest BCUT2D eigenvalue weighted by molar-refractivity contribution is -0.119. The molecule has 0 aliphatic carbocycles. The molecule has 0 aromatic heterocycles. The van der Waals surface area contributed by atoms with Crippen LogP contribution in [0.5, 0.6) is 0 Å². The largest absolute Gasteiger partial charge is 0.309 e. The molecule has 2 fully saturated rings. The van der Waals surface area contributed by atoms with E-state index in [0.29, 0.717) is 24.9 Å². The number of hydrogen-bond donors (Lipinski definition) is 0. The number of piperidine rings is 2. The average Bonchev–Trinajstić information content (AvgIpc) is 3.32. The van der Waals surface area contributed by atoms with Crippen LogP contribution in [0.4, 0.5) is 11.4 Å². The fraction of sp³-hybridized carbons (Fsp3) is 0.500. The van der Waals surface area contributed by atoms with Gasteiger partial charge in [0.25, 0.3) is 0 Å². The molecule has 0 unspecified atom stereocenters. The third kappa shape index (κ3) is 18.1. The van der Waals surface area contributed by atoms with Crippen molar-refractivity contribution in [2.45, 2.75) is 133 Å². The zero-order valence-corrected chi connectivity index (χ0v) is 38.2. The number of carbonyl (C=O) groups excluding carboxylic acids is 2. The second-order valence-electron chi connectivity index (χ2n) is 13.5. The standard InChI is InChI=1S/2C22H28N2O.4C2H6/c2*1-2-22(25)24(20-11-7-4-8-12-20)21-14-17-23(18-15-21)16-13-19-9-5-3-6-10-19;4*1-2/h2*3-12,21H,2,13-18H2,1H3;4*1-2H3. The van der Waals surface area contributed by atoms with Crippen molar-refractivity contribution in [2.75, 3.05) is 49.1 Å². The van der Waals surface area contributed by atoms with Gasteiger partial charge in [0.1, 0.15) is 0 Å². The second-order valence-corrected chi connectivity index (χ2v) is 13.5. The number of amides is 2. The fourth-order valence-corrected chi connectivity index (χ4v) is 7.30. The minimum Gasteiger partial charge on any atom is -0.309 e. The Balaban J connectivity index is 0.000000495. The lowest BCUT2D eigenvalue weighted by Crippen LogP contribution is -2.47. The Bertz CT molecular complexity index is 1420. The van der Waals surface area contributed by atoms with E-state index in [9.17, 15) is 9.59 Å². The maximum atomic E-state index is 12.5. The van der Waals surface area contributed by atoms with Crippen LogP contribution in [-0.2, 0) is 22.4 Å². The zero-order chi connectivity index (χ0) is 43.0. The second kappa shape index (κ2) is 32.7. The summed E-state index contributed by atoms with van der Waals surface area (Å²) in [6, 6.07) is 42.3. The van der Waals surface area contributed by atoms with Crippen molar-refractivity contribution in [3.63, 3.8) is 0 Å². The molecule has 58 heavy (non-hydrogen) atoms. The van der Waals surface area contributed by atoms with E-state index in [1.165, 1.54) is 11.1 Å². The molecule has 0 radical (unpaired) electrons. The molecular formula is C52H80N4O2. The molecule has 6 heteroatoms. The number of likely N-dealkylation sites (tertiary alicyclic amines) is 2. The summed E-state index contributed by atoms with van der Waals surface area (Å²) in [5.41, 5.74) is 4.88. The summed E-state index contributed by atoms with van der Waals surface area (Å²) in [5, 5.41) is 0. The van der Waals surface area contributed by atoms with Gasteiger partial charge in [0.2, 0.25) is 11.8 Å². The van der Waals surface area contributed by atoms with Gasteiger partial charge in [0, 0.05) is 75.6 Å². The maximum absolute atomic E-state index is 12.5. The maximum Gasteiger partial charge on any atom is 0.226 e. The average molecular weight is 793 g/mol. The van der Waals surface area contributed by atoms with Gasteiger partial charge < -0.3 is 19.6 Å². The van der Waals surface area contributed by atoms with E-state index in [4.69, 9.17) is 0 Å². The highest BCUT2D eigenvalue weighted by atomic mass is 16.2. The highest BCUT2D eigenvalue weighted by molar-refractivity contribution is 5.94. The number of nitrogens with zero attached hydrogens (tertiary/aromatic N) is 4. The first kappa shape index (κ1) is 51.8. The van der Waals surface area contributed by atoms with Crippen LogP contribution in [-0.4, -0.2) is 73.0 Å². The predicted molar refractivity (Wildman–Crippen MR) is 253 cm³/mol. The third-order valence-corrected chi connectivity index (χ3v) is 10.2. The first-order valence-corrected chi connectivity index (χ1v) is 22.8. The molecule has 4 aromatic rings. The Morgan fingerprint density at radius 1 is 0.448 bits per heavy atom. The summed E-state index contributed by atoms with van der Waals surface area (Å²) in [7, 11) is 0. The van der Waals surface area contributed by atoms with Crippen LogP contribution in [0.3, 0.4) is 0 Å². The topological polar surface area (TPSA) is 47.1 Å². The van der Waals surface area contributed by atoms with Gasteiger partial charge in [-0.05, 0) is 73.9 Å². The minimum atomic E-state index is 0.230. The van der Waals surface area contributed by atoms with Crippen molar-refractivity contribution in [3.8, 4) is 0 Å². The van der Waals surface area contributed by atoms with Crippen LogP contribution in [0.1, 0.15) is 119 Å². The van der Waals surface area contributed by atoms with Gasteiger partial charge in [0.05, 0.1) is 0 Å². The smallest absolute Gasteiger partial charge is 0.226 e. The number of rotatable bonds is 12. The Labute approximate surface area is 355 Å². The van der Waals surface area contributed by atoms with E-state index in [-0.39, 0.29) is 11.8 Å². The first-order chi connectivity index (χ1) is 28.6. The highest BCUT2D eigenvalue weighted by Crippen LogP contribution is 2.26. The predicted octanol–water partition coefficient (Wildman–Crippen LogP) is 12.4. The van der Waals surface area contributed by atoms with E-state index < -0.39 is 0 Å². The molecule has 2 saturated heterocycles. The quantitative estimate of drug-likeness (QED) is 0.143. The monoisotopic (exact) mass is 793 g/mol. The molecule has 0 N–H and O–H groups in total. The van der Waals surface area contributed by atoms with Gasteiger partial charge in [-0.15, -0.1) is 0 Å². The number of anilines is 2.